The van der Waals surface area contributed by atoms with Gasteiger partial charge in [-0.05, 0) is 32.3 Å². The third kappa shape index (κ3) is 5.68. The van der Waals surface area contributed by atoms with Crippen molar-refractivity contribution in [3.05, 3.63) is 12.2 Å². The Bertz CT molecular complexity index is 426. The highest BCUT2D eigenvalue weighted by atomic mass is 16.7. The monoisotopic (exact) mass is 366 g/mol. The summed E-state index contributed by atoms with van der Waals surface area (Å²) in [6.45, 7) is 5.69. The van der Waals surface area contributed by atoms with Gasteiger partial charge in [0, 0.05) is 0 Å². The van der Waals surface area contributed by atoms with Gasteiger partial charge in [0.1, 0.15) is 24.4 Å². The van der Waals surface area contributed by atoms with Gasteiger partial charge in [-0.2, -0.15) is 0 Å². The van der Waals surface area contributed by atoms with E-state index in [0.717, 1.165) is 0 Å². The summed E-state index contributed by atoms with van der Waals surface area (Å²) in [4.78, 5) is 0. The van der Waals surface area contributed by atoms with Crippen LogP contribution in [0.3, 0.4) is 0 Å². The molecule has 0 aliphatic carbocycles. The summed E-state index contributed by atoms with van der Waals surface area (Å²) in [6, 6.07) is 0. The van der Waals surface area contributed by atoms with Crippen molar-refractivity contribution in [1.29, 1.82) is 0 Å². The Hall–Kier alpha value is -0.620. The number of hydrogen-bond donors (Lipinski definition) is 7. The number of hydrogen-bond acceptors (Lipinski definition) is 9. The van der Waals surface area contributed by atoms with Gasteiger partial charge in [0.2, 0.25) is 0 Å². The molecule has 1 rings (SSSR count). The lowest BCUT2D eigenvalue weighted by Gasteiger charge is -2.43. The van der Waals surface area contributed by atoms with Gasteiger partial charge in [0.25, 0.3) is 0 Å². The van der Waals surface area contributed by atoms with Crippen LogP contribution in [0.5, 0.6) is 0 Å². The van der Waals surface area contributed by atoms with E-state index in [1.807, 2.05) is 0 Å². The second-order valence-corrected chi connectivity index (χ2v) is 6.83. The molecular formula is C16H30O9. The summed E-state index contributed by atoms with van der Waals surface area (Å²) in [5.41, 5.74) is -0.844. The SMILES string of the molecule is C=C(CCC(O)C(C)(C)O[C@@H]1O[C@H](CO)[C@@H](O)[C@H](O)[C@H]1O)C(O)CO. The maximum Gasteiger partial charge on any atom is 0.187 e. The summed E-state index contributed by atoms with van der Waals surface area (Å²) >= 11 is 0. The number of aliphatic hydroxyl groups excluding tert-OH is 7. The minimum absolute atomic E-state index is 0.167. The van der Waals surface area contributed by atoms with Crippen LogP contribution in [-0.2, 0) is 9.47 Å². The molecule has 1 heterocycles. The molecule has 0 radical (unpaired) electrons. The standard InChI is InChI=1S/C16H30O9/c1-8(9(19)6-17)4-5-11(20)16(2,3)25-15-14(23)13(22)12(21)10(7-18)24-15/h9-15,17-23H,1,4-7H2,2-3H3/t9?,10-,11?,12-,13+,14-,15+/m1/s1. The summed E-state index contributed by atoms with van der Waals surface area (Å²) in [5.74, 6) is 0. The average Bonchev–Trinajstić information content (AvgIpc) is 2.58. The summed E-state index contributed by atoms with van der Waals surface area (Å²) in [7, 11) is 0. The van der Waals surface area contributed by atoms with E-state index in [1.165, 1.54) is 0 Å². The maximum atomic E-state index is 10.3. The highest BCUT2D eigenvalue weighted by Crippen LogP contribution is 2.29. The first-order valence-corrected chi connectivity index (χ1v) is 8.18. The molecule has 7 atom stereocenters. The topological polar surface area (TPSA) is 160 Å². The molecule has 2 unspecified atom stereocenters. The Balaban J connectivity index is 2.67. The van der Waals surface area contributed by atoms with Crippen molar-refractivity contribution in [3.8, 4) is 0 Å². The summed E-state index contributed by atoms with van der Waals surface area (Å²) in [6.07, 6.45) is -8.77. The lowest BCUT2D eigenvalue weighted by molar-refractivity contribution is -0.331. The lowest BCUT2D eigenvalue weighted by Crippen LogP contribution is -2.61. The smallest absolute Gasteiger partial charge is 0.187 e. The first-order valence-electron chi connectivity index (χ1n) is 8.18. The Morgan fingerprint density at radius 3 is 2.24 bits per heavy atom. The molecule has 7 N–H and O–H groups in total. The molecule has 0 saturated carbocycles. The van der Waals surface area contributed by atoms with E-state index in [0.29, 0.717) is 5.57 Å². The van der Waals surface area contributed by atoms with E-state index < -0.39 is 61.7 Å². The molecular weight excluding hydrogens is 336 g/mol. The van der Waals surface area contributed by atoms with E-state index in [-0.39, 0.29) is 12.8 Å². The third-order valence-corrected chi connectivity index (χ3v) is 4.45. The highest BCUT2D eigenvalue weighted by Gasteiger charge is 2.46. The fourth-order valence-electron chi connectivity index (χ4n) is 2.51. The molecule has 9 nitrogen and oxygen atoms in total. The summed E-state index contributed by atoms with van der Waals surface area (Å²) < 4.78 is 10.8. The van der Waals surface area contributed by atoms with Crippen LogP contribution in [0.4, 0.5) is 0 Å². The van der Waals surface area contributed by atoms with Crippen molar-refractivity contribution >= 4 is 0 Å². The van der Waals surface area contributed by atoms with Gasteiger partial charge < -0.3 is 45.2 Å². The number of aliphatic hydroxyl groups is 7. The van der Waals surface area contributed by atoms with Gasteiger partial charge in [-0.25, -0.2) is 0 Å². The van der Waals surface area contributed by atoms with Crippen LogP contribution in [-0.4, -0.2) is 97.5 Å². The molecule has 1 fully saturated rings. The maximum absolute atomic E-state index is 10.3. The molecule has 0 spiro atoms. The van der Waals surface area contributed by atoms with E-state index in [1.54, 1.807) is 13.8 Å². The second-order valence-electron chi connectivity index (χ2n) is 6.83. The fourth-order valence-corrected chi connectivity index (χ4v) is 2.51. The van der Waals surface area contributed by atoms with Crippen molar-refractivity contribution in [2.75, 3.05) is 13.2 Å². The van der Waals surface area contributed by atoms with Gasteiger partial charge in [0.15, 0.2) is 6.29 Å². The Morgan fingerprint density at radius 2 is 1.72 bits per heavy atom. The normalized spacial score (nSPS) is 33.1. The number of rotatable bonds is 9. The van der Waals surface area contributed by atoms with Crippen LogP contribution in [0.15, 0.2) is 12.2 Å². The van der Waals surface area contributed by atoms with Gasteiger partial charge in [0.05, 0.1) is 31.0 Å². The Morgan fingerprint density at radius 1 is 1.12 bits per heavy atom. The van der Waals surface area contributed by atoms with Crippen LogP contribution >= 0.6 is 0 Å². The fraction of sp³-hybridized carbons (Fsp3) is 0.875. The zero-order valence-corrected chi connectivity index (χ0v) is 14.5. The van der Waals surface area contributed by atoms with Crippen molar-refractivity contribution in [1.82, 2.24) is 0 Å². The third-order valence-electron chi connectivity index (χ3n) is 4.45. The van der Waals surface area contributed by atoms with Crippen LogP contribution in [0.25, 0.3) is 0 Å². The highest BCUT2D eigenvalue weighted by molar-refractivity contribution is 5.02. The second kappa shape index (κ2) is 9.36. The van der Waals surface area contributed by atoms with E-state index >= 15 is 0 Å². The van der Waals surface area contributed by atoms with Crippen LogP contribution in [0.1, 0.15) is 26.7 Å². The molecule has 0 aromatic rings. The molecule has 1 saturated heterocycles. The predicted molar refractivity (Wildman–Crippen MR) is 86.4 cm³/mol. The molecule has 1 aliphatic rings. The quantitative estimate of drug-likeness (QED) is 0.221. The minimum atomic E-state index is -1.57. The van der Waals surface area contributed by atoms with Crippen molar-refractivity contribution in [3.63, 3.8) is 0 Å². The molecule has 1 aliphatic heterocycles. The average molecular weight is 366 g/mol. The predicted octanol–water partition coefficient (Wildman–Crippen LogP) is -2.37. The van der Waals surface area contributed by atoms with Gasteiger partial charge in [-0.3, -0.25) is 0 Å². The Kier molecular flexibility index (Phi) is 8.39. The van der Waals surface area contributed by atoms with Gasteiger partial charge in [-0.15, -0.1) is 0 Å². The van der Waals surface area contributed by atoms with Gasteiger partial charge in [-0.1, -0.05) is 6.58 Å². The number of ether oxygens (including phenoxy) is 2. The first kappa shape index (κ1) is 22.4. The molecule has 25 heavy (non-hydrogen) atoms. The molecule has 0 aromatic heterocycles. The zero-order chi connectivity index (χ0) is 19.4. The molecule has 0 amide bonds. The van der Waals surface area contributed by atoms with Crippen LogP contribution in [0, 0.1) is 0 Å². The molecule has 0 bridgehead atoms. The zero-order valence-electron chi connectivity index (χ0n) is 14.5. The molecule has 148 valence electrons. The lowest BCUT2D eigenvalue weighted by atomic mass is 9.93. The minimum Gasteiger partial charge on any atom is -0.394 e. The van der Waals surface area contributed by atoms with Crippen LogP contribution in [0.2, 0.25) is 0 Å². The van der Waals surface area contributed by atoms with E-state index in [4.69, 9.17) is 14.6 Å². The van der Waals surface area contributed by atoms with E-state index in [9.17, 15) is 30.6 Å². The van der Waals surface area contributed by atoms with Crippen LogP contribution < -0.4 is 0 Å². The van der Waals surface area contributed by atoms with Crippen molar-refractivity contribution in [2.24, 2.45) is 0 Å². The van der Waals surface area contributed by atoms with Crippen molar-refractivity contribution in [2.45, 2.75) is 75.2 Å². The van der Waals surface area contributed by atoms with Crippen molar-refractivity contribution < 1.29 is 45.2 Å². The molecule has 9 heteroatoms. The van der Waals surface area contributed by atoms with Gasteiger partial charge >= 0.3 is 0 Å². The Labute approximate surface area is 146 Å². The summed E-state index contributed by atoms with van der Waals surface area (Å²) in [5, 5.41) is 67.3. The van der Waals surface area contributed by atoms with E-state index in [2.05, 4.69) is 6.58 Å². The first-order chi connectivity index (χ1) is 11.5. The largest absolute Gasteiger partial charge is 0.394 e. The molecule has 0 aromatic carbocycles.